The number of carbonyl (C=O) groups excluding carboxylic acids is 3. The van der Waals surface area contributed by atoms with Crippen molar-refractivity contribution in [2.24, 2.45) is 5.92 Å². The molecule has 2 aromatic rings. The van der Waals surface area contributed by atoms with Crippen molar-refractivity contribution in [2.45, 2.75) is 56.8 Å². The van der Waals surface area contributed by atoms with Crippen molar-refractivity contribution < 1.29 is 27.6 Å². The molecule has 0 unspecified atom stereocenters. The maximum Gasteiger partial charge on any atom is 0.416 e. The van der Waals surface area contributed by atoms with Crippen molar-refractivity contribution in [3.05, 3.63) is 71.3 Å². The molecule has 4 rings (SSSR count). The molecule has 2 aliphatic rings. The van der Waals surface area contributed by atoms with Gasteiger partial charge >= 0.3 is 6.18 Å². The minimum atomic E-state index is -4.46. The van der Waals surface area contributed by atoms with Gasteiger partial charge < -0.3 is 15.5 Å². The first-order valence-corrected chi connectivity index (χ1v) is 12.3. The van der Waals surface area contributed by atoms with E-state index in [1.165, 1.54) is 17.0 Å². The van der Waals surface area contributed by atoms with Crippen molar-refractivity contribution in [1.82, 2.24) is 15.5 Å². The van der Waals surface area contributed by atoms with Gasteiger partial charge in [-0.05, 0) is 62.1 Å². The lowest BCUT2D eigenvalue weighted by atomic mass is 9.88. The van der Waals surface area contributed by atoms with Crippen LogP contribution in [-0.2, 0) is 11.0 Å². The SMILES string of the molecule is O=C(N[C@@H]1CCCC[C@H]1NC(=O)[C@H]1CCCN(C(=O)c2ccc(C(F)(F)F)cc2)C1)c1ccccc1. The van der Waals surface area contributed by atoms with E-state index in [-0.39, 0.29) is 41.9 Å². The van der Waals surface area contributed by atoms with Gasteiger partial charge in [0.1, 0.15) is 0 Å². The van der Waals surface area contributed by atoms with Gasteiger partial charge in [-0.25, -0.2) is 0 Å². The van der Waals surface area contributed by atoms with E-state index in [0.29, 0.717) is 24.9 Å². The Labute approximate surface area is 208 Å². The Morgan fingerprint density at radius 3 is 2.06 bits per heavy atom. The zero-order chi connectivity index (χ0) is 25.7. The number of benzene rings is 2. The molecule has 6 nitrogen and oxygen atoms in total. The molecule has 1 aliphatic carbocycles. The second kappa shape index (κ2) is 11.1. The Hall–Kier alpha value is -3.36. The Balaban J connectivity index is 1.36. The molecule has 192 valence electrons. The molecule has 1 saturated carbocycles. The lowest BCUT2D eigenvalue weighted by Gasteiger charge is -2.36. The fourth-order valence-corrected chi connectivity index (χ4v) is 4.98. The maximum atomic E-state index is 13.1. The summed E-state index contributed by atoms with van der Waals surface area (Å²) in [6.45, 7) is 0.655. The van der Waals surface area contributed by atoms with Crippen molar-refractivity contribution in [3.63, 3.8) is 0 Å². The molecule has 36 heavy (non-hydrogen) atoms. The molecule has 2 aromatic carbocycles. The van der Waals surface area contributed by atoms with E-state index in [4.69, 9.17) is 0 Å². The van der Waals surface area contributed by atoms with Crippen molar-refractivity contribution in [1.29, 1.82) is 0 Å². The van der Waals surface area contributed by atoms with Crippen LogP contribution in [0.15, 0.2) is 54.6 Å². The van der Waals surface area contributed by atoms with Crippen LogP contribution in [0.4, 0.5) is 13.2 Å². The second-order valence-corrected chi connectivity index (χ2v) is 9.51. The molecule has 0 aromatic heterocycles. The average molecular weight is 502 g/mol. The first-order chi connectivity index (χ1) is 17.2. The zero-order valence-electron chi connectivity index (χ0n) is 19.9. The van der Waals surface area contributed by atoms with Gasteiger partial charge in [-0.3, -0.25) is 14.4 Å². The number of carbonyl (C=O) groups is 3. The summed E-state index contributed by atoms with van der Waals surface area (Å²) in [6.07, 6.45) is 0.225. The number of halogens is 3. The second-order valence-electron chi connectivity index (χ2n) is 9.51. The quantitative estimate of drug-likeness (QED) is 0.637. The summed E-state index contributed by atoms with van der Waals surface area (Å²) in [5.41, 5.74) is -0.0748. The Morgan fingerprint density at radius 2 is 1.42 bits per heavy atom. The largest absolute Gasteiger partial charge is 0.416 e. The van der Waals surface area contributed by atoms with Gasteiger partial charge in [0, 0.05) is 36.3 Å². The van der Waals surface area contributed by atoms with Crippen LogP contribution in [-0.4, -0.2) is 47.8 Å². The predicted octanol–water partition coefficient (Wildman–Crippen LogP) is 4.42. The summed E-state index contributed by atoms with van der Waals surface area (Å²) >= 11 is 0. The maximum absolute atomic E-state index is 13.1. The molecular formula is C27H30F3N3O3. The highest BCUT2D eigenvalue weighted by atomic mass is 19.4. The summed E-state index contributed by atoms with van der Waals surface area (Å²) in [7, 11) is 0. The van der Waals surface area contributed by atoms with Crippen LogP contribution >= 0.6 is 0 Å². The topological polar surface area (TPSA) is 78.5 Å². The number of rotatable bonds is 5. The highest BCUT2D eigenvalue weighted by molar-refractivity contribution is 5.95. The molecule has 2 fully saturated rings. The van der Waals surface area contributed by atoms with Gasteiger partial charge in [0.15, 0.2) is 0 Å². The number of nitrogens with one attached hydrogen (secondary N) is 2. The third kappa shape index (κ3) is 6.25. The Bertz CT molecular complexity index is 1070. The van der Waals surface area contributed by atoms with E-state index in [2.05, 4.69) is 10.6 Å². The molecule has 3 atom stereocenters. The molecule has 0 bridgehead atoms. The van der Waals surface area contributed by atoms with Crippen LogP contribution in [0.2, 0.25) is 0 Å². The monoisotopic (exact) mass is 501 g/mol. The highest BCUT2D eigenvalue weighted by Crippen LogP contribution is 2.29. The third-order valence-electron chi connectivity index (χ3n) is 6.98. The molecule has 3 amide bonds. The van der Waals surface area contributed by atoms with E-state index >= 15 is 0 Å². The van der Waals surface area contributed by atoms with Crippen LogP contribution in [0, 0.1) is 5.92 Å². The van der Waals surface area contributed by atoms with E-state index in [1.54, 1.807) is 24.3 Å². The Kier molecular flexibility index (Phi) is 7.96. The smallest absolute Gasteiger partial charge is 0.351 e. The number of likely N-dealkylation sites (tertiary alicyclic amines) is 1. The van der Waals surface area contributed by atoms with Crippen molar-refractivity contribution >= 4 is 17.7 Å². The van der Waals surface area contributed by atoms with Crippen LogP contribution in [0.5, 0.6) is 0 Å². The van der Waals surface area contributed by atoms with Gasteiger partial charge in [-0.1, -0.05) is 31.0 Å². The molecule has 1 saturated heterocycles. The first kappa shape index (κ1) is 25.7. The molecule has 1 aliphatic heterocycles. The average Bonchev–Trinajstić information content (AvgIpc) is 2.89. The van der Waals surface area contributed by atoms with Crippen LogP contribution in [0.1, 0.15) is 64.8 Å². The lowest BCUT2D eigenvalue weighted by molar-refractivity contribution is -0.137. The molecule has 2 N–H and O–H groups in total. The van der Waals surface area contributed by atoms with Gasteiger partial charge in [-0.15, -0.1) is 0 Å². The summed E-state index contributed by atoms with van der Waals surface area (Å²) in [6, 6.07) is 12.7. The molecular weight excluding hydrogens is 471 g/mol. The minimum Gasteiger partial charge on any atom is -0.351 e. The fraction of sp³-hybridized carbons (Fsp3) is 0.444. The summed E-state index contributed by atoms with van der Waals surface area (Å²) in [5.74, 6) is -1.13. The molecule has 9 heteroatoms. The van der Waals surface area contributed by atoms with Gasteiger partial charge in [-0.2, -0.15) is 13.2 Å². The summed E-state index contributed by atoms with van der Waals surface area (Å²) < 4.78 is 38.5. The van der Waals surface area contributed by atoms with Gasteiger partial charge in [0.05, 0.1) is 11.5 Å². The minimum absolute atomic E-state index is 0.161. The standard InChI is InChI=1S/C27H30F3N3O3/c28-27(29,30)21-14-12-19(13-15-21)26(36)33-16-6-9-20(17-33)25(35)32-23-11-5-4-10-22(23)31-24(34)18-7-2-1-3-8-18/h1-3,7-8,12-15,20,22-23H,4-6,9-11,16-17H2,(H,31,34)(H,32,35)/t20-,22+,23+/m0/s1. The number of nitrogens with zero attached hydrogens (tertiary/aromatic N) is 1. The van der Waals surface area contributed by atoms with Crippen molar-refractivity contribution in [3.8, 4) is 0 Å². The lowest BCUT2D eigenvalue weighted by Crippen LogP contribution is -2.55. The molecule has 0 radical (unpaired) electrons. The highest BCUT2D eigenvalue weighted by Gasteiger charge is 2.34. The van der Waals surface area contributed by atoms with Gasteiger partial charge in [0.25, 0.3) is 11.8 Å². The zero-order valence-corrected chi connectivity index (χ0v) is 19.9. The van der Waals surface area contributed by atoms with Crippen LogP contribution in [0.25, 0.3) is 0 Å². The number of amides is 3. The number of alkyl halides is 3. The number of piperidine rings is 1. The van der Waals surface area contributed by atoms with Crippen molar-refractivity contribution in [2.75, 3.05) is 13.1 Å². The van der Waals surface area contributed by atoms with E-state index in [0.717, 1.165) is 37.8 Å². The Morgan fingerprint density at radius 1 is 0.778 bits per heavy atom. The van der Waals surface area contributed by atoms with E-state index in [1.807, 2.05) is 6.07 Å². The van der Waals surface area contributed by atoms with Crippen LogP contribution in [0.3, 0.4) is 0 Å². The number of hydrogen-bond acceptors (Lipinski definition) is 3. The number of hydrogen-bond donors (Lipinski definition) is 2. The van der Waals surface area contributed by atoms with E-state index in [9.17, 15) is 27.6 Å². The summed E-state index contributed by atoms with van der Waals surface area (Å²) in [5, 5.41) is 6.16. The molecule has 0 spiro atoms. The predicted molar refractivity (Wildman–Crippen MR) is 128 cm³/mol. The van der Waals surface area contributed by atoms with Gasteiger partial charge in [0.2, 0.25) is 5.91 Å². The first-order valence-electron chi connectivity index (χ1n) is 12.3. The normalized spacial score (nSPS) is 22.5. The summed E-state index contributed by atoms with van der Waals surface area (Å²) in [4.78, 5) is 40.2. The fourth-order valence-electron chi connectivity index (χ4n) is 4.98. The third-order valence-corrected chi connectivity index (χ3v) is 6.98. The van der Waals surface area contributed by atoms with E-state index < -0.39 is 17.7 Å². The molecule has 1 heterocycles. The van der Waals surface area contributed by atoms with Crippen LogP contribution < -0.4 is 10.6 Å².